The summed E-state index contributed by atoms with van der Waals surface area (Å²) in [7, 11) is 0. The van der Waals surface area contributed by atoms with Gasteiger partial charge in [0.2, 0.25) is 0 Å². The van der Waals surface area contributed by atoms with Crippen molar-refractivity contribution >= 4 is 27.5 Å². The first-order chi connectivity index (χ1) is 15.6. The molecule has 165 valence electrons. The smallest absolute Gasteiger partial charge is 0.0609 e. The van der Waals surface area contributed by atoms with Gasteiger partial charge in [-0.25, -0.2) is 0 Å². The fourth-order valence-corrected chi connectivity index (χ4v) is 5.20. The van der Waals surface area contributed by atoms with Gasteiger partial charge in [0.15, 0.2) is 0 Å². The monoisotopic (exact) mass is 608 g/mol. The molecule has 0 atom stereocenters. The molecule has 3 nitrogen and oxygen atoms in total. The van der Waals surface area contributed by atoms with Crippen LogP contribution < -0.4 is 0 Å². The van der Waals surface area contributed by atoms with E-state index in [0.29, 0.717) is 0 Å². The molecule has 3 aromatic heterocycles. The van der Waals surface area contributed by atoms with E-state index in [1.807, 2.05) is 6.20 Å². The van der Waals surface area contributed by atoms with E-state index in [1.165, 1.54) is 38.9 Å². The largest absolute Gasteiger partial charge is 0.535 e. The molecule has 0 bridgehead atoms. The minimum Gasteiger partial charge on any atom is -0.535 e. The maximum absolute atomic E-state index is 6.03. The topological polar surface area (TPSA) is 30.4 Å². The third-order valence-corrected chi connectivity index (χ3v) is 6.59. The van der Waals surface area contributed by atoms with E-state index >= 15 is 0 Å². The van der Waals surface area contributed by atoms with E-state index in [2.05, 4.69) is 92.8 Å². The molecule has 0 N–H and O–H groups in total. The summed E-state index contributed by atoms with van der Waals surface area (Å²) in [6.07, 6.45) is 3.63. The molecule has 0 aliphatic carbocycles. The molecule has 33 heavy (non-hydrogen) atoms. The van der Waals surface area contributed by atoms with E-state index in [0.717, 1.165) is 33.2 Å². The number of benzene rings is 3. The minimum absolute atomic E-state index is 0. The number of imidazole rings is 1. The van der Waals surface area contributed by atoms with Gasteiger partial charge in [0, 0.05) is 54.9 Å². The van der Waals surface area contributed by atoms with Crippen molar-refractivity contribution in [3.05, 3.63) is 95.4 Å². The van der Waals surface area contributed by atoms with Gasteiger partial charge >= 0.3 is 0 Å². The molecular weight excluding hydrogens is 585 g/mol. The van der Waals surface area contributed by atoms with E-state index in [-0.39, 0.29) is 20.1 Å². The Labute approximate surface area is 206 Å². The Morgan fingerprint density at radius 1 is 0.788 bits per heavy atom. The number of nitrogens with zero attached hydrogens (tertiary/aromatic N) is 2. The Morgan fingerprint density at radius 2 is 1.39 bits per heavy atom. The molecule has 1 radical (unpaired) electrons. The number of furan rings is 1. The van der Waals surface area contributed by atoms with Crippen molar-refractivity contribution in [3.8, 4) is 22.4 Å². The molecule has 4 heteroatoms. The van der Waals surface area contributed by atoms with Crippen LogP contribution in [0.2, 0.25) is 0 Å². The normalized spacial score (nSPS) is 11.4. The molecular formula is C29H23IrN2O-. The SMILES string of the molecule is Cc1cccc(C)c1-c1cccc2c1c1oc[c-]c1c1ncc(-c3c(C)cccc3C)n21.[Ir]. The number of pyridine rings is 1. The molecule has 0 aliphatic heterocycles. The Balaban J connectivity index is 0.00000228. The number of aryl methyl sites for hydroxylation is 4. The van der Waals surface area contributed by atoms with Crippen LogP contribution in [0.3, 0.4) is 0 Å². The van der Waals surface area contributed by atoms with Gasteiger partial charge < -0.3 is 13.8 Å². The Bertz CT molecular complexity index is 1630. The molecule has 0 aliphatic rings. The van der Waals surface area contributed by atoms with Crippen molar-refractivity contribution in [2.75, 3.05) is 0 Å². The van der Waals surface area contributed by atoms with Crippen LogP contribution in [-0.2, 0) is 20.1 Å². The molecule has 0 unspecified atom stereocenters. The third kappa shape index (κ3) is 3.09. The van der Waals surface area contributed by atoms with Crippen LogP contribution in [0.25, 0.3) is 49.9 Å². The second kappa shape index (κ2) is 7.98. The zero-order valence-corrected chi connectivity index (χ0v) is 21.4. The minimum atomic E-state index is 0. The molecule has 0 saturated carbocycles. The van der Waals surface area contributed by atoms with Gasteiger partial charge in [-0.3, -0.25) is 0 Å². The zero-order valence-electron chi connectivity index (χ0n) is 19.0. The molecule has 0 amide bonds. The number of aromatic nitrogens is 2. The summed E-state index contributed by atoms with van der Waals surface area (Å²) in [5.41, 5.74) is 12.5. The van der Waals surface area contributed by atoms with Crippen LogP contribution in [0, 0.1) is 33.8 Å². The van der Waals surface area contributed by atoms with Crippen LogP contribution in [0.5, 0.6) is 0 Å². The van der Waals surface area contributed by atoms with Gasteiger partial charge in [0.05, 0.1) is 5.69 Å². The maximum atomic E-state index is 6.03. The van der Waals surface area contributed by atoms with Gasteiger partial charge in [-0.2, -0.15) is 0 Å². The van der Waals surface area contributed by atoms with Crippen molar-refractivity contribution < 1.29 is 24.5 Å². The molecule has 3 heterocycles. The fourth-order valence-electron chi connectivity index (χ4n) is 5.20. The molecule has 0 spiro atoms. The second-order valence-corrected chi connectivity index (χ2v) is 8.62. The van der Waals surface area contributed by atoms with Crippen molar-refractivity contribution in [2.24, 2.45) is 0 Å². The number of hydrogen-bond donors (Lipinski definition) is 0. The third-order valence-electron chi connectivity index (χ3n) is 6.59. The van der Waals surface area contributed by atoms with Crippen LogP contribution in [0.4, 0.5) is 0 Å². The molecule has 6 rings (SSSR count). The van der Waals surface area contributed by atoms with Crippen molar-refractivity contribution in [1.29, 1.82) is 0 Å². The summed E-state index contributed by atoms with van der Waals surface area (Å²) in [5, 5.41) is 2.01. The summed E-state index contributed by atoms with van der Waals surface area (Å²) in [5.74, 6) is 0. The van der Waals surface area contributed by atoms with Gasteiger partial charge in [0.25, 0.3) is 0 Å². The van der Waals surface area contributed by atoms with Crippen LogP contribution in [0.15, 0.2) is 71.5 Å². The predicted molar refractivity (Wildman–Crippen MR) is 131 cm³/mol. The standard InChI is InChI=1S/C29H23N2O.Ir/c1-17-8-5-9-18(2)25(17)21-12-7-13-23-27(21)28-22(14-15-32-28)29-30-16-24(31(23)29)26-19(3)10-6-11-20(26)4;/h5-13,15-16H,1-4H3;/q-1;. The van der Waals surface area contributed by atoms with Crippen LogP contribution in [0.1, 0.15) is 22.3 Å². The zero-order chi connectivity index (χ0) is 22.0. The summed E-state index contributed by atoms with van der Waals surface area (Å²) < 4.78 is 8.31. The van der Waals surface area contributed by atoms with Gasteiger partial charge in [-0.05, 0) is 72.5 Å². The fraction of sp³-hybridized carbons (Fsp3) is 0.138. The van der Waals surface area contributed by atoms with Crippen LogP contribution in [-0.4, -0.2) is 9.38 Å². The van der Waals surface area contributed by atoms with Crippen molar-refractivity contribution in [1.82, 2.24) is 9.38 Å². The van der Waals surface area contributed by atoms with Crippen molar-refractivity contribution in [3.63, 3.8) is 0 Å². The summed E-state index contributed by atoms with van der Waals surface area (Å²) >= 11 is 0. The summed E-state index contributed by atoms with van der Waals surface area (Å²) in [6, 6.07) is 22.7. The molecule has 6 aromatic rings. The number of hydrogen-bond acceptors (Lipinski definition) is 2. The average Bonchev–Trinajstić information content (AvgIpc) is 3.41. The van der Waals surface area contributed by atoms with Gasteiger partial charge in [-0.1, -0.05) is 48.5 Å². The number of fused-ring (bicyclic) bond motifs is 6. The first-order valence-electron chi connectivity index (χ1n) is 10.9. The second-order valence-electron chi connectivity index (χ2n) is 8.62. The Hall–Kier alpha value is -3.20. The average molecular weight is 608 g/mol. The van der Waals surface area contributed by atoms with E-state index in [9.17, 15) is 0 Å². The molecule has 0 fully saturated rings. The van der Waals surface area contributed by atoms with Crippen molar-refractivity contribution in [2.45, 2.75) is 27.7 Å². The first kappa shape index (κ1) is 21.6. The molecule has 3 aromatic carbocycles. The summed E-state index contributed by atoms with van der Waals surface area (Å²) in [6.45, 7) is 8.66. The quantitative estimate of drug-likeness (QED) is 0.190. The first-order valence-corrected chi connectivity index (χ1v) is 10.9. The van der Waals surface area contributed by atoms with Gasteiger partial charge in [-0.15, -0.1) is 11.5 Å². The van der Waals surface area contributed by atoms with E-state index in [4.69, 9.17) is 9.40 Å². The van der Waals surface area contributed by atoms with Crippen LogP contribution >= 0.6 is 0 Å². The maximum Gasteiger partial charge on any atom is 0.0609 e. The van der Waals surface area contributed by atoms with E-state index in [1.54, 1.807) is 6.26 Å². The predicted octanol–water partition coefficient (Wildman–Crippen LogP) is 7.60. The Morgan fingerprint density at radius 3 is 2.06 bits per heavy atom. The number of rotatable bonds is 2. The Kier molecular flexibility index (Phi) is 5.23. The molecule has 0 saturated heterocycles. The summed E-state index contributed by atoms with van der Waals surface area (Å²) in [4.78, 5) is 4.84. The van der Waals surface area contributed by atoms with E-state index < -0.39 is 0 Å². The van der Waals surface area contributed by atoms with Gasteiger partial charge in [0.1, 0.15) is 0 Å².